The van der Waals surface area contributed by atoms with Crippen LogP contribution in [-0.2, 0) is 4.79 Å². The molecule has 1 aromatic heterocycles. The van der Waals surface area contributed by atoms with Crippen LogP contribution in [0.4, 0.5) is 5.13 Å². The van der Waals surface area contributed by atoms with Crippen molar-refractivity contribution in [1.82, 2.24) is 4.98 Å². The number of amides is 1. The zero-order valence-corrected chi connectivity index (χ0v) is 15.3. The Hall–Kier alpha value is -2.86. The number of nitrogens with one attached hydrogen (secondary N) is 1. The monoisotopic (exact) mass is 366 g/mol. The Bertz CT molecular complexity index is 967. The maximum atomic E-state index is 12.5. The Kier molecular flexibility index (Phi) is 4.34. The lowest BCUT2D eigenvalue weighted by atomic mass is 10.0. The number of carbonyl (C=O) groups is 1. The van der Waals surface area contributed by atoms with Crippen molar-refractivity contribution in [2.24, 2.45) is 0 Å². The van der Waals surface area contributed by atoms with Gasteiger partial charge in [0.25, 0.3) is 5.91 Å². The van der Waals surface area contributed by atoms with E-state index < -0.39 is 6.10 Å². The van der Waals surface area contributed by atoms with Gasteiger partial charge in [-0.2, -0.15) is 0 Å². The lowest BCUT2D eigenvalue weighted by molar-refractivity contribution is -0.125. The molecule has 4 rings (SSSR count). The summed E-state index contributed by atoms with van der Waals surface area (Å²) in [6.45, 7) is 4.28. The average Bonchev–Trinajstić information content (AvgIpc) is 3.11. The molecule has 0 fully saturated rings. The fraction of sp³-hybridized carbons (Fsp3) is 0.200. The van der Waals surface area contributed by atoms with E-state index in [4.69, 9.17) is 9.47 Å². The Morgan fingerprint density at radius 1 is 1.19 bits per heavy atom. The van der Waals surface area contributed by atoms with E-state index in [1.165, 1.54) is 16.9 Å². The second-order valence-electron chi connectivity index (χ2n) is 6.21. The molecule has 2 aromatic carbocycles. The van der Waals surface area contributed by atoms with Crippen LogP contribution in [0.15, 0.2) is 47.8 Å². The van der Waals surface area contributed by atoms with Crippen LogP contribution in [0.3, 0.4) is 0 Å². The molecule has 0 aliphatic carbocycles. The van der Waals surface area contributed by atoms with E-state index in [9.17, 15) is 4.79 Å². The molecular formula is C20H18N2O3S. The largest absolute Gasteiger partial charge is 0.485 e. The van der Waals surface area contributed by atoms with Crippen molar-refractivity contribution in [3.63, 3.8) is 0 Å². The third kappa shape index (κ3) is 3.28. The van der Waals surface area contributed by atoms with Crippen molar-refractivity contribution in [2.75, 3.05) is 11.9 Å². The van der Waals surface area contributed by atoms with Crippen molar-refractivity contribution in [3.05, 3.63) is 59.0 Å². The van der Waals surface area contributed by atoms with Gasteiger partial charge < -0.3 is 9.47 Å². The molecule has 1 aliphatic rings. The number of benzene rings is 2. The van der Waals surface area contributed by atoms with Gasteiger partial charge in [-0.05, 0) is 37.6 Å². The maximum absolute atomic E-state index is 12.5. The Labute approximate surface area is 155 Å². The minimum absolute atomic E-state index is 0.179. The summed E-state index contributed by atoms with van der Waals surface area (Å²) in [5, 5.41) is 5.33. The maximum Gasteiger partial charge on any atom is 0.270 e. The number of hydrogen-bond acceptors (Lipinski definition) is 5. The molecule has 2 heterocycles. The number of fused-ring (bicyclic) bond motifs is 1. The third-order valence-corrected chi connectivity index (χ3v) is 4.96. The zero-order chi connectivity index (χ0) is 18.1. The second-order valence-corrected chi connectivity index (χ2v) is 7.07. The minimum atomic E-state index is -0.696. The van der Waals surface area contributed by atoms with Crippen LogP contribution in [-0.4, -0.2) is 23.6 Å². The van der Waals surface area contributed by atoms with Crippen molar-refractivity contribution >= 4 is 22.4 Å². The first kappa shape index (κ1) is 16.6. The summed E-state index contributed by atoms with van der Waals surface area (Å²) >= 11 is 1.40. The normalized spacial score (nSPS) is 15.5. The smallest absolute Gasteiger partial charge is 0.270 e. The Balaban J connectivity index is 1.48. The van der Waals surface area contributed by atoms with Gasteiger partial charge in [0.2, 0.25) is 6.10 Å². The van der Waals surface area contributed by atoms with E-state index in [0.29, 0.717) is 16.6 Å². The molecule has 0 saturated heterocycles. The zero-order valence-electron chi connectivity index (χ0n) is 14.5. The number of anilines is 1. The minimum Gasteiger partial charge on any atom is -0.485 e. The van der Waals surface area contributed by atoms with E-state index in [0.717, 1.165) is 16.8 Å². The fourth-order valence-electron chi connectivity index (χ4n) is 2.80. The van der Waals surface area contributed by atoms with E-state index >= 15 is 0 Å². The number of rotatable bonds is 3. The molecule has 26 heavy (non-hydrogen) atoms. The first-order valence-corrected chi connectivity index (χ1v) is 9.20. The van der Waals surface area contributed by atoms with Crippen molar-refractivity contribution in [1.29, 1.82) is 0 Å². The summed E-state index contributed by atoms with van der Waals surface area (Å²) in [6, 6.07) is 13.6. The number of para-hydroxylation sites is 2. The standard InChI is InChI=1S/C20H18N2O3S/c1-12-7-8-13(2)14(9-12)15-11-26-20(21-15)22-19(23)18-10-24-16-5-3-4-6-17(16)25-18/h3-9,11,18H,10H2,1-2H3,(H,21,22,23)/t18-/m0/s1. The highest BCUT2D eigenvalue weighted by Crippen LogP contribution is 2.32. The summed E-state index contributed by atoms with van der Waals surface area (Å²) in [5.41, 5.74) is 4.26. The molecule has 3 aromatic rings. The predicted molar refractivity (Wildman–Crippen MR) is 102 cm³/mol. The summed E-state index contributed by atoms with van der Waals surface area (Å²) in [7, 11) is 0. The van der Waals surface area contributed by atoms with Gasteiger partial charge in [-0.1, -0.05) is 29.8 Å². The summed E-state index contributed by atoms with van der Waals surface area (Å²) < 4.78 is 11.3. The van der Waals surface area contributed by atoms with Crippen molar-refractivity contribution in [2.45, 2.75) is 20.0 Å². The van der Waals surface area contributed by atoms with Crippen molar-refractivity contribution < 1.29 is 14.3 Å². The van der Waals surface area contributed by atoms with Crippen LogP contribution in [0.1, 0.15) is 11.1 Å². The van der Waals surface area contributed by atoms with Gasteiger partial charge in [0.05, 0.1) is 5.69 Å². The lowest BCUT2D eigenvalue weighted by Gasteiger charge is -2.25. The van der Waals surface area contributed by atoms with Crippen LogP contribution in [0.25, 0.3) is 11.3 Å². The summed E-state index contributed by atoms with van der Waals surface area (Å²) in [4.78, 5) is 17.0. The molecule has 5 nitrogen and oxygen atoms in total. The van der Waals surface area contributed by atoms with Gasteiger partial charge >= 0.3 is 0 Å². The topological polar surface area (TPSA) is 60.5 Å². The van der Waals surface area contributed by atoms with E-state index in [1.54, 1.807) is 6.07 Å². The first-order valence-electron chi connectivity index (χ1n) is 8.32. The van der Waals surface area contributed by atoms with Crippen molar-refractivity contribution in [3.8, 4) is 22.8 Å². The highest BCUT2D eigenvalue weighted by Gasteiger charge is 2.27. The fourth-order valence-corrected chi connectivity index (χ4v) is 3.51. The first-order chi connectivity index (χ1) is 12.6. The molecular weight excluding hydrogens is 348 g/mol. The Morgan fingerprint density at radius 3 is 2.85 bits per heavy atom. The van der Waals surface area contributed by atoms with Gasteiger partial charge in [0.1, 0.15) is 6.61 Å². The van der Waals surface area contributed by atoms with E-state index in [1.807, 2.05) is 23.6 Å². The SMILES string of the molecule is Cc1ccc(C)c(-c2csc(NC(=O)[C@@H]3COc4ccccc4O3)n2)c1. The molecule has 1 atom stereocenters. The third-order valence-electron chi connectivity index (χ3n) is 4.20. The number of hydrogen-bond donors (Lipinski definition) is 1. The Morgan fingerprint density at radius 2 is 2.00 bits per heavy atom. The molecule has 1 aliphatic heterocycles. The molecule has 1 N–H and O–H groups in total. The summed E-state index contributed by atoms with van der Waals surface area (Å²) in [6.07, 6.45) is -0.696. The second kappa shape index (κ2) is 6.80. The molecule has 1 amide bonds. The number of aryl methyl sites for hydroxylation is 2. The van der Waals surface area contributed by atoms with Gasteiger partial charge in [-0.3, -0.25) is 10.1 Å². The van der Waals surface area contributed by atoms with Crippen LogP contribution in [0.5, 0.6) is 11.5 Å². The highest BCUT2D eigenvalue weighted by atomic mass is 32.1. The highest BCUT2D eigenvalue weighted by molar-refractivity contribution is 7.14. The molecule has 132 valence electrons. The van der Waals surface area contributed by atoms with Crippen LogP contribution in [0.2, 0.25) is 0 Å². The number of carbonyl (C=O) groups excluding carboxylic acids is 1. The number of aromatic nitrogens is 1. The molecule has 0 radical (unpaired) electrons. The molecule has 6 heteroatoms. The number of nitrogens with zero attached hydrogens (tertiary/aromatic N) is 1. The molecule has 0 spiro atoms. The number of ether oxygens (including phenoxy) is 2. The molecule has 0 bridgehead atoms. The van der Waals surface area contributed by atoms with Crippen LogP contribution >= 0.6 is 11.3 Å². The molecule has 0 unspecified atom stereocenters. The van der Waals surface area contributed by atoms with Gasteiger partial charge in [-0.15, -0.1) is 11.3 Å². The number of thiazole rings is 1. The van der Waals surface area contributed by atoms with E-state index in [-0.39, 0.29) is 12.5 Å². The predicted octanol–water partition coefficient (Wildman–Crippen LogP) is 4.21. The lowest BCUT2D eigenvalue weighted by Crippen LogP contribution is -2.40. The van der Waals surface area contributed by atoms with Gasteiger partial charge in [0.15, 0.2) is 16.6 Å². The average molecular weight is 366 g/mol. The van der Waals surface area contributed by atoms with Gasteiger partial charge in [0, 0.05) is 10.9 Å². The van der Waals surface area contributed by atoms with Gasteiger partial charge in [-0.25, -0.2) is 4.98 Å². The summed E-state index contributed by atoms with van der Waals surface area (Å²) in [5.74, 6) is 0.971. The quantitative estimate of drug-likeness (QED) is 0.754. The molecule has 0 saturated carbocycles. The van der Waals surface area contributed by atoms with Crippen LogP contribution < -0.4 is 14.8 Å². The van der Waals surface area contributed by atoms with E-state index in [2.05, 4.69) is 42.3 Å². The van der Waals surface area contributed by atoms with Crippen LogP contribution in [0, 0.1) is 13.8 Å².